The molecule has 1 aliphatic heterocycles. The highest BCUT2D eigenvalue weighted by molar-refractivity contribution is 7.99. The molecule has 1 saturated heterocycles. The molecule has 8 heteroatoms. The Morgan fingerprint density at radius 3 is 2.40 bits per heavy atom. The van der Waals surface area contributed by atoms with Crippen LogP contribution in [0.15, 0.2) is 59.8 Å². The first kappa shape index (κ1) is 20.4. The highest BCUT2D eigenvalue weighted by atomic mass is 32.2. The van der Waals surface area contributed by atoms with E-state index in [9.17, 15) is 9.18 Å². The number of benzene rings is 2. The molecule has 3 aromatic rings. The lowest BCUT2D eigenvalue weighted by atomic mass is 10.2. The lowest BCUT2D eigenvalue weighted by Gasteiger charge is -2.36. The van der Waals surface area contributed by atoms with E-state index in [1.54, 1.807) is 18.2 Å². The molecule has 0 aliphatic carbocycles. The number of anilines is 1. The summed E-state index contributed by atoms with van der Waals surface area (Å²) in [6.07, 6.45) is 0. The number of carbonyl (C=O) groups is 1. The van der Waals surface area contributed by atoms with E-state index in [4.69, 9.17) is 0 Å². The Morgan fingerprint density at radius 1 is 1.00 bits per heavy atom. The molecule has 2 aromatic carbocycles. The maximum absolute atomic E-state index is 14.2. The Morgan fingerprint density at radius 2 is 1.70 bits per heavy atom. The smallest absolute Gasteiger partial charge is 0.233 e. The minimum atomic E-state index is -0.330. The molecular weight excluding hydrogens is 401 g/mol. The Bertz CT molecular complexity index is 1000. The number of amides is 1. The number of hydrogen-bond acceptors (Lipinski definition) is 5. The van der Waals surface area contributed by atoms with Crippen LogP contribution in [0.4, 0.5) is 10.1 Å². The van der Waals surface area contributed by atoms with Crippen molar-refractivity contribution in [2.24, 2.45) is 0 Å². The van der Waals surface area contributed by atoms with Crippen molar-refractivity contribution < 1.29 is 9.18 Å². The molecule has 1 aromatic heterocycles. The van der Waals surface area contributed by atoms with Crippen molar-refractivity contribution in [3.05, 3.63) is 60.4 Å². The average molecular weight is 426 g/mol. The monoisotopic (exact) mass is 425 g/mol. The van der Waals surface area contributed by atoms with E-state index in [0.29, 0.717) is 41.9 Å². The summed E-state index contributed by atoms with van der Waals surface area (Å²) in [5.74, 6) is 0.539. The Labute approximate surface area is 179 Å². The van der Waals surface area contributed by atoms with Gasteiger partial charge in [-0.15, -0.1) is 10.2 Å². The van der Waals surface area contributed by atoms with Gasteiger partial charge >= 0.3 is 0 Å². The van der Waals surface area contributed by atoms with Crippen molar-refractivity contribution in [1.82, 2.24) is 19.7 Å². The average Bonchev–Trinajstić information content (AvgIpc) is 3.21. The normalized spacial score (nSPS) is 14.2. The van der Waals surface area contributed by atoms with Crippen molar-refractivity contribution in [2.45, 2.75) is 18.6 Å². The molecule has 0 saturated carbocycles. The molecule has 156 valence electrons. The second-order valence-electron chi connectivity index (χ2n) is 7.02. The fourth-order valence-electron chi connectivity index (χ4n) is 3.59. The SMILES string of the molecule is CCn1c(SCC(=O)N2CCN(c3ccccc3)CC2)nnc1-c1ccccc1F. The number of thioether (sulfide) groups is 1. The van der Waals surface area contributed by atoms with Crippen LogP contribution in [0, 0.1) is 5.82 Å². The minimum Gasteiger partial charge on any atom is -0.368 e. The van der Waals surface area contributed by atoms with Gasteiger partial charge in [-0.05, 0) is 31.2 Å². The summed E-state index contributed by atoms with van der Waals surface area (Å²) in [6, 6.07) is 16.8. The number of hydrogen-bond donors (Lipinski definition) is 0. The van der Waals surface area contributed by atoms with Gasteiger partial charge in [0, 0.05) is 38.4 Å². The number of carbonyl (C=O) groups excluding carboxylic acids is 1. The molecule has 1 fully saturated rings. The van der Waals surface area contributed by atoms with Crippen LogP contribution in [0.25, 0.3) is 11.4 Å². The van der Waals surface area contributed by atoms with E-state index in [1.807, 2.05) is 34.6 Å². The predicted octanol–water partition coefficient (Wildman–Crippen LogP) is 3.55. The fourth-order valence-corrected chi connectivity index (χ4v) is 4.50. The van der Waals surface area contributed by atoms with Crippen LogP contribution >= 0.6 is 11.8 Å². The lowest BCUT2D eigenvalue weighted by molar-refractivity contribution is -0.128. The molecule has 1 amide bonds. The predicted molar refractivity (Wildman–Crippen MR) is 117 cm³/mol. The summed E-state index contributed by atoms with van der Waals surface area (Å²) in [6.45, 7) is 5.61. The number of aromatic nitrogens is 3. The second-order valence-corrected chi connectivity index (χ2v) is 7.96. The van der Waals surface area contributed by atoms with Gasteiger partial charge in [0.25, 0.3) is 0 Å². The van der Waals surface area contributed by atoms with E-state index in [2.05, 4.69) is 27.2 Å². The highest BCUT2D eigenvalue weighted by Crippen LogP contribution is 2.26. The number of para-hydroxylation sites is 1. The number of halogens is 1. The van der Waals surface area contributed by atoms with Crippen molar-refractivity contribution in [3.63, 3.8) is 0 Å². The van der Waals surface area contributed by atoms with E-state index in [1.165, 1.54) is 23.5 Å². The Balaban J connectivity index is 1.36. The number of nitrogens with zero attached hydrogens (tertiary/aromatic N) is 5. The number of rotatable bonds is 6. The first-order valence-electron chi connectivity index (χ1n) is 10.1. The van der Waals surface area contributed by atoms with Crippen LogP contribution in [0.3, 0.4) is 0 Å². The minimum absolute atomic E-state index is 0.0887. The van der Waals surface area contributed by atoms with Gasteiger partial charge in [0.15, 0.2) is 11.0 Å². The third-order valence-electron chi connectivity index (χ3n) is 5.23. The lowest BCUT2D eigenvalue weighted by Crippen LogP contribution is -2.49. The second kappa shape index (κ2) is 9.30. The van der Waals surface area contributed by atoms with Gasteiger partial charge in [-0.3, -0.25) is 4.79 Å². The third kappa shape index (κ3) is 4.33. The highest BCUT2D eigenvalue weighted by Gasteiger charge is 2.23. The molecule has 0 unspecified atom stereocenters. The molecule has 0 atom stereocenters. The molecule has 2 heterocycles. The van der Waals surface area contributed by atoms with Gasteiger partial charge in [-0.25, -0.2) is 4.39 Å². The molecule has 4 rings (SSSR count). The van der Waals surface area contributed by atoms with E-state index in [-0.39, 0.29) is 11.7 Å². The van der Waals surface area contributed by atoms with Gasteiger partial charge in [0.2, 0.25) is 5.91 Å². The Hall–Kier alpha value is -2.87. The van der Waals surface area contributed by atoms with Crippen molar-refractivity contribution in [3.8, 4) is 11.4 Å². The first-order valence-corrected chi connectivity index (χ1v) is 11.0. The summed E-state index contributed by atoms with van der Waals surface area (Å²) in [4.78, 5) is 16.9. The van der Waals surface area contributed by atoms with E-state index < -0.39 is 0 Å². The van der Waals surface area contributed by atoms with Gasteiger partial charge in [0.1, 0.15) is 5.82 Å². The zero-order chi connectivity index (χ0) is 20.9. The van der Waals surface area contributed by atoms with Crippen molar-refractivity contribution in [2.75, 3.05) is 36.8 Å². The van der Waals surface area contributed by atoms with Crippen LogP contribution in [0.5, 0.6) is 0 Å². The summed E-state index contributed by atoms with van der Waals surface area (Å²) in [5.41, 5.74) is 1.61. The summed E-state index contributed by atoms with van der Waals surface area (Å²) in [5, 5.41) is 9.01. The summed E-state index contributed by atoms with van der Waals surface area (Å²) < 4.78 is 16.0. The molecule has 0 bridgehead atoms. The van der Waals surface area contributed by atoms with Gasteiger partial charge in [-0.1, -0.05) is 42.1 Å². The Kier molecular flexibility index (Phi) is 6.32. The standard InChI is InChI=1S/C22H24FN5OS/c1-2-28-21(18-10-6-7-11-19(18)23)24-25-22(28)30-16-20(29)27-14-12-26(13-15-27)17-8-4-3-5-9-17/h3-11H,2,12-16H2,1H3. The molecule has 0 N–H and O–H groups in total. The summed E-state index contributed by atoms with van der Waals surface area (Å²) >= 11 is 1.35. The van der Waals surface area contributed by atoms with Gasteiger partial charge in [0.05, 0.1) is 11.3 Å². The summed E-state index contributed by atoms with van der Waals surface area (Å²) in [7, 11) is 0. The quantitative estimate of drug-likeness (QED) is 0.566. The molecule has 30 heavy (non-hydrogen) atoms. The molecular formula is C22H24FN5OS. The van der Waals surface area contributed by atoms with Crippen LogP contribution < -0.4 is 4.90 Å². The molecule has 0 radical (unpaired) electrons. The fraction of sp³-hybridized carbons (Fsp3) is 0.318. The van der Waals surface area contributed by atoms with E-state index in [0.717, 1.165) is 13.1 Å². The molecule has 6 nitrogen and oxygen atoms in total. The zero-order valence-corrected chi connectivity index (χ0v) is 17.7. The maximum Gasteiger partial charge on any atom is 0.233 e. The van der Waals surface area contributed by atoms with Crippen LogP contribution in [-0.2, 0) is 11.3 Å². The zero-order valence-electron chi connectivity index (χ0n) is 16.9. The van der Waals surface area contributed by atoms with Crippen LogP contribution in [0.2, 0.25) is 0 Å². The van der Waals surface area contributed by atoms with Gasteiger partial charge in [-0.2, -0.15) is 0 Å². The third-order valence-corrected chi connectivity index (χ3v) is 6.18. The molecule has 1 aliphatic rings. The van der Waals surface area contributed by atoms with Crippen molar-refractivity contribution in [1.29, 1.82) is 0 Å². The molecule has 0 spiro atoms. The van der Waals surface area contributed by atoms with Crippen molar-refractivity contribution >= 4 is 23.4 Å². The first-order chi connectivity index (χ1) is 14.7. The van der Waals surface area contributed by atoms with Crippen LogP contribution in [-0.4, -0.2) is 57.5 Å². The van der Waals surface area contributed by atoms with E-state index >= 15 is 0 Å². The van der Waals surface area contributed by atoms with Crippen LogP contribution in [0.1, 0.15) is 6.92 Å². The van der Waals surface area contributed by atoms with Gasteiger partial charge < -0.3 is 14.4 Å². The topological polar surface area (TPSA) is 54.3 Å². The largest absolute Gasteiger partial charge is 0.368 e. The maximum atomic E-state index is 14.2. The number of piperazine rings is 1.